The highest BCUT2D eigenvalue weighted by molar-refractivity contribution is 5.09. The van der Waals surface area contributed by atoms with E-state index in [-0.39, 0.29) is 0 Å². The van der Waals surface area contributed by atoms with Crippen LogP contribution in [-0.4, -0.2) is 13.1 Å². The summed E-state index contributed by atoms with van der Waals surface area (Å²) < 4.78 is 0. The lowest BCUT2D eigenvalue weighted by molar-refractivity contribution is -0.118. The number of rotatable bonds is 1. The Kier molecular flexibility index (Phi) is 1.89. The van der Waals surface area contributed by atoms with Crippen LogP contribution in [-0.2, 0) is 0 Å². The number of hydrogen-bond acceptors (Lipinski definition) is 1. The van der Waals surface area contributed by atoms with Gasteiger partial charge in [-0.2, -0.15) is 0 Å². The maximum Gasteiger partial charge on any atom is 0.00110 e. The van der Waals surface area contributed by atoms with Crippen molar-refractivity contribution in [3.05, 3.63) is 0 Å². The van der Waals surface area contributed by atoms with Crippen molar-refractivity contribution < 1.29 is 0 Å². The summed E-state index contributed by atoms with van der Waals surface area (Å²) >= 11 is 0. The molecule has 0 amide bonds. The van der Waals surface area contributed by atoms with Crippen LogP contribution in [0.1, 0.15) is 51.9 Å². The summed E-state index contributed by atoms with van der Waals surface area (Å²) in [5.74, 6) is 3.34. The van der Waals surface area contributed by atoms with Crippen LogP contribution in [0.25, 0.3) is 0 Å². The topological polar surface area (TPSA) is 12.0 Å². The third kappa shape index (κ3) is 1.16. The van der Waals surface area contributed by atoms with Crippen LogP contribution in [0.4, 0.5) is 0 Å². The molecule has 1 N–H and O–H groups in total. The van der Waals surface area contributed by atoms with Gasteiger partial charge in [0.1, 0.15) is 0 Å². The van der Waals surface area contributed by atoms with E-state index in [0.29, 0.717) is 5.41 Å². The third-order valence-electron chi connectivity index (χ3n) is 6.69. The largest absolute Gasteiger partial charge is 0.316 e. The first-order valence-electron chi connectivity index (χ1n) is 7.40. The highest BCUT2D eigenvalue weighted by Gasteiger charge is 2.58. The molecular formula is C15H25N. The summed E-state index contributed by atoms with van der Waals surface area (Å²) in [5, 5.41) is 3.64. The van der Waals surface area contributed by atoms with E-state index in [1.54, 1.807) is 38.5 Å². The molecule has 90 valence electrons. The standard InChI is InChI=1S/C15H25N/c1-14(2-3-16-10-14)15-7-11-4-12(8-15)6-13(5-11)9-15/h11-13,16H,2-10H2,1H3. The predicted octanol–water partition coefficient (Wildman–Crippen LogP) is 3.20. The fourth-order valence-corrected chi connectivity index (χ4v) is 6.12. The summed E-state index contributed by atoms with van der Waals surface area (Å²) in [5.41, 5.74) is 1.40. The Balaban J connectivity index is 1.70. The van der Waals surface area contributed by atoms with E-state index < -0.39 is 0 Å². The van der Waals surface area contributed by atoms with Gasteiger partial charge in [0.15, 0.2) is 0 Å². The third-order valence-corrected chi connectivity index (χ3v) is 6.69. The Hall–Kier alpha value is -0.0400. The monoisotopic (exact) mass is 219 g/mol. The zero-order chi connectivity index (χ0) is 10.8. The molecule has 1 unspecified atom stereocenters. The molecule has 0 spiro atoms. The molecule has 0 radical (unpaired) electrons. The van der Waals surface area contributed by atoms with E-state index in [2.05, 4.69) is 12.2 Å². The average Bonchev–Trinajstić information content (AvgIpc) is 2.64. The van der Waals surface area contributed by atoms with Crippen molar-refractivity contribution >= 4 is 0 Å². The lowest BCUT2D eigenvalue weighted by Crippen LogP contribution is -2.54. The van der Waals surface area contributed by atoms with Crippen LogP contribution in [0.15, 0.2) is 0 Å². The van der Waals surface area contributed by atoms with E-state index in [4.69, 9.17) is 0 Å². The molecule has 0 aromatic carbocycles. The molecule has 16 heavy (non-hydrogen) atoms. The molecule has 1 heteroatoms. The fourth-order valence-electron chi connectivity index (χ4n) is 6.12. The van der Waals surface area contributed by atoms with Crippen molar-refractivity contribution in [1.29, 1.82) is 0 Å². The molecule has 5 aliphatic rings. The smallest absolute Gasteiger partial charge is 0.00110 e. The van der Waals surface area contributed by atoms with Crippen LogP contribution in [0.5, 0.6) is 0 Å². The maximum atomic E-state index is 3.64. The maximum absolute atomic E-state index is 3.64. The van der Waals surface area contributed by atoms with E-state index >= 15 is 0 Å². The molecule has 5 rings (SSSR count). The Bertz CT molecular complexity index is 265. The predicted molar refractivity (Wildman–Crippen MR) is 66.2 cm³/mol. The second-order valence-electron chi connectivity index (χ2n) is 7.69. The van der Waals surface area contributed by atoms with E-state index in [1.165, 1.54) is 19.5 Å². The van der Waals surface area contributed by atoms with Gasteiger partial charge in [0.05, 0.1) is 0 Å². The highest BCUT2D eigenvalue weighted by Crippen LogP contribution is 2.67. The molecular weight excluding hydrogens is 194 g/mol. The summed E-state index contributed by atoms with van der Waals surface area (Å²) in [6, 6.07) is 0. The molecule has 4 saturated carbocycles. The van der Waals surface area contributed by atoms with Gasteiger partial charge >= 0.3 is 0 Å². The Morgan fingerprint density at radius 1 is 0.938 bits per heavy atom. The summed E-state index contributed by atoms with van der Waals surface area (Å²) in [6.07, 6.45) is 10.9. The Morgan fingerprint density at radius 3 is 1.94 bits per heavy atom. The van der Waals surface area contributed by atoms with Gasteiger partial charge in [-0.25, -0.2) is 0 Å². The first-order valence-corrected chi connectivity index (χ1v) is 7.40. The van der Waals surface area contributed by atoms with Gasteiger partial charge < -0.3 is 5.32 Å². The zero-order valence-corrected chi connectivity index (χ0v) is 10.6. The minimum atomic E-state index is 0.642. The van der Waals surface area contributed by atoms with Gasteiger partial charge in [-0.3, -0.25) is 0 Å². The lowest BCUT2D eigenvalue weighted by atomic mass is 9.43. The van der Waals surface area contributed by atoms with E-state index in [0.717, 1.165) is 23.2 Å². The molecule has 1 saturated heterocycles. The van der Waals surface area contributed by atoms with E-state index in [1.807, 2.05) is 0 Å². The van der Waals surface area contributed by atoms with Gasteiger partial charge in [-0.05, 0) is 80.1 Å². The van der Waals surface area contributed by atoms with Crippen molar-refractivity contribution in [2.24, 2.45) is 28.6 Å². The fraction of sp³-hybridized carbons (Fsp3) is 1.00. The minimum Gasteiger partial charge on any atom is -0.316 e. The summed E-state index contributed by atoms with van der Waals surface area (Å²) in [6.45, 7) is 5.18. The normalized spacial score (nSPS) is 59.4. The van der Waals surface area contributed by atoms with Crippen LogP contribution in [0.3, 0.4) is 0 Å². The van der Waals surface area contributed by atoms with Crippen LogP contribution in [0, 0.1) is 28.6 Å². The molecule has 1 aliphatic heterocycles. The van der Waals surface area contributed by atoms with Crippen LogP contribution in [0.2, 0.25) is 0 Å². The summed E-state index contributed by atoms with van der Waals surface area (Å²) in [4.78, 5) is 0. The molecule has 5 fully saturated rings. The molecule has 0 aromatic heterocycles. The first-order chi connectivity index (χ1) is 7.69. The minimum absolute atomic E-state index is 0.642. The van der Waals surface area contributed by atoms with Gasteiger partial charge in [0.2, 0.25) is 0 Å². The second kappa shape index (κ2) is 3.04. The van der Waals surface area contributed by atoms with Crippen molar-refractivity contribution in [3.63, 3.8) is 0 Å². The first kappa shape index (κ1) is 9.94. The molecule has 0 aromatic rings. The molecule has 1 heterocycles. The van der Waals surface area contributed by atoms with Crippen LogP contribution < -0.4 is 5.32 Å². The number of nitrogens with one attached hydrogen (secondary N) is 1. The van der Waals surface area contributed by atoms with Gasteiger partial charge in [0.25, 0.3) is 0 Å². The Labute approximate surface area is 99.4 Å². The zero-order valence-electron chi connectivity index (χ0n) is 10.6. The van der Waals surface area contributed by atoms with Gasteiger partial charge in [-0.15, -0.1) is 0 Å². The highest BCUT2D eigenvalue weighted by atomic mass is 14.9. The SMILES string of the molecule is CC1(C23CC4CC(CC(C4)C2)C3)CCNC1. The average molecular weight is 219 g/mol. The lowest BCUT2D eigenvalue weighted by Gasteiger charge is -2.62. The number of hydrogen-bond donors (Lipinski definition) is 1. The van der Waals surface area contributed by atoms with Crippen molar-refractivity contribution in [2.75, 3.05) is 13.1 Å². The molecule has 4 bridgehead atoms. The van der Waals surface area contributed by atoms with Crippen molar-refractivity contribution in [3.8, 4) is 0 Å². The molecule has 1 nitrogen and oxygen atoms in total. The van der Waals surface area contributed by atoms with Gasteiger partial charge in [0, 0.05) is 6.54 Å². The second-order valence-corrected chi connectivity index (χ2v) is 7.69. The van der Waals surface area contributed by atoms with Crippen molar-refractivity contribution in [2.45, 2.75) is 51.9 Å². The van der Waals surface area contributed by atoms with Crippen molar-refractivity contribution in [1.82, 2.24) is 5.32 Å². The van der Waals surface area contributed by atoms with E-state index in [9.17, 15) is 0 Å². The Morgan fingerprint density at radius 2 is 1.50 bits per heavy atom. The summed E-state index contributed by atoms with van der Waals surface area (Å²) in [7, 11) is 0. The quantitative estimate of drug-likeness (QED) is 0.714. The van der Waals surface area contributed by atoms with Crippen LogP contribution >= 0.6 is 0 Å². The van der Waals surface area contributed by atoms with Gasteiger partial charge in [-0.1, -0.05) is 6.92 Å². The molecule has 1 atom stereocenters. The molecule has 4 aliphatic carbocycles.